The summed E-state index contributed by atoms with van der Waals surface area (Å²) < 4.78 is 10.4. The minimum Gasteiger partial charge on any atom is -0.494 e. The lowest BCUT2D eigenvalue weighted by molar-refractivity contribution is -0.128. The van der Waals surface area contributed by atoms with E-state index in [2.05, 4.69) is 0 Å². The van der Waals surface area contributed by atoms with E-state index < -0.39 is 11.9 Å². The van der Waals surface area contributed by atoms with Crippen molar-refractivity contribution in [1.82, 2.24) is 0 Å². The van der Waals surface area contributed by atoms with Crippen LogP contribution in [0.4, 0.5) is 0 Å². The van der Waals surface area contributed by atoms with Gasteiger partial charge >= 0.3 is 11.9 Å². The van der Waals surface area contributed by atoms with Crippen molar-refractivity contribution >= 4 is 18.0 Å². The van der Waals surface area contributed by atoms with Crippen LogP contribution in [0, 0.1) is 0 Å². The number of carboxylic acid groups (broad SMARTS) is 1. The number of para-hydroxylation sites is 1. The highest BCUT2D eigenvalue weighted by atomic mass is 16.5. The Labute approximate surface area is 133 Å². The standard InChI is InChI=1S/C18H16O5/c1-2-22-14-10-7-13(8-11-14)9-12-17(19)23-16-6-4-3-5-15(16)18(20)21/h3-12H,2H2,1H3,(H,20,21)/b12-9+. The number of carbonyl (C=O) groups excluding carboxylic acids is 1. The van der Waals surface area contributed by atoms with Crippen molar-refractivity contribution in [3.8, 4) is 11.5 Å². The Morgan fingerprint density at radius 3 is 2.43 bits per heavy atom. The van der Waals surface area contributed by atoms with Crippen LogP contribution in [0.15, 0.2) is 54.6 Å². The van der Waals surface area contributed by atoms with Gasteiger partial charge in [-0.05, 0) is 42.8 Å². The van der Waals surface area contributed by atoms with Crippen molar-refractivity contribution in [3.63, 3.8) is 0 Å². The number of carboxylic acids is 1. The maximum atomic E-state index is 11.8. The van der Waals surface area contributed by atoms with Crippen molar-refractivity contribution in [2.75, 3.05) is 6.61 Å². The first-order valence-corrected chi connectivity index (χ1v) is 7.05. The number of aromatic carboxylic acids is 1. The second-order valence-corrected chi connectivity index (χ2v) is 4.56. The van der Waals surface area contributed by atoms with Gasteiger partial charge in [-0.15, -0.1) is 0 Å². The van der Waals surface area contributed by atoms with Crippen LogP contribution >= 0.6 is 0 Å². The van der Waals surface area contributed by atoms with Crippen LogP contribution in [-0.2, 0) is 4.79 Å². The summed E-state index contributed by atoms with van der Waals surface area (Å²) in [4.78, 5) is 22.8. The first-order chi connectivity index (χ1) is 11.1. The van der Waals surface area contributed by atoms with Crippen LogP contribution in [0.25, 0.3) is 6.08 Å². The lowest BCUT2D eigenvalue weighted by atomic mass is 10.2. The number of carbonyl (C=O) groups is 2. The van der Waals surface area contributed by atoms with E-state index in [1.165, 1.54) is 18.2 Å². The van der Waals surface area contributed by atoms with E-state index in [-0.39, 0.29) is 11.3 Å². The molecule has 0 aliphatic rings. The van der Waals surface area contributed by atoms with Crippen molar-refractivity contribution in [2.24, 2.45) is 0 Å². The summed E-state index contributed by atoms with van der Waals surface area (Å²) in [7, 11) is 0. The highest BCUT2D eigenvalue weighted by molar-refractivity contribution is 5.94. The van der Waals surface area contributed by atoms with Crippen LogP contribution in [0.2, 0.25) is 0 Å². The second kappa shape index (κ2) is 7.79. The van der Waals surface area contributed by atoms with Gasteiger partial charge in [0.05, 0.1) is 6.61 Å². The molecular weight excluding hydrogens is 296 g/mol. The van der Waals surface area contributed by atoms with E-state index in [0.29, 0.717) is 6.61 Å². The van der Waals surface area contributed by atoms with Crippen molar-refractivity contribution in [1.29, 1.82) is 0 Å². The molecule has 0 atom stereocenters. The quantitative estimate of drug-likeness (QED) is 0.503. The van der Waals surface area contributed by atoms with Gasteiger partial charge in [-0.3, -0.25) is 0 Å². The molecule has 0 amide bonds. The van der Waals surface area contributed by atoms with E-state index in [9.17, 15) is 9.59 Å². The molecule has 0 heterocycles. The van der Waals surface area contributed by atoms with Crippen molar-refractivity contribution in [3.05, 3.63) is 65.7 Å². The Morgan fingerprint density at radius 2 is 1.78 bits per heavy atom. The zero-order chi connectivity index (χ0) is 16.7. The molecule has 0 aliphatic heterocycles. The normalized spacial score (nSPS) is 10.5. The molecule has 0 radical (unpaired) electrons. The number of rotatable bonds is 6. The molecule has 0 saturated heterocycles. The van der Waals surface area contributed by atoms with Crippen LogP contribution < -0.4 is 9.47 Å². The van der Waals surface area contributed by atoms with Crippen LogP contribution in [0.3, 0.4) is 0 Å². The molecule has 0 aliphatic carbocycles. The molecule has 5 nitrogen and oxygen atoms in total. The molecule has 0 fully saturated rings. The summed E-state index contributed by atoms with van der Waals surface area (Å²) in [5.41, 5.74) is 0.743. The Morgan fingerprint density at radius 1 is 1.09 bits per heavy atom. The van der Waals surface area contributed by atoms with Gasteiger partial charge in [0.25, 0.3) is 0 Å². The largest absolute Gasteiger partial charge is 0.494 e. The minimum atomic E-state index is -1.15. The molecule has 1 N–H and O–H groups in total. The molecule has 5 heteroatoms. The van der Waals surface area contributed by atoms with Gasteiger partial charge in [-0.2, -0.15) is 0 Å². The highest BCUT2D eigenvalue weighted by Gasteiger charge is 2.12. The first-order valence-electron chi connectivity index (χ1n) is 7.05. The second-order valence-electron chi connectivity index (χ2n) is 4.56. The molecule has 2 rings (SSSR count). The van der Waals surface area contributed by atoms with E-state index in [4.69, 9.17) is 14.6 Å². The summed E-state index contributed by atoms with van der Waals surface area (Å²) in [6.07, 6.45) is 2.83. The van der Waals surface area contributed by atoms with Crippen LogP contribution in [0.1, 0.15) is 22.8 Å². The monoisotopic (exact) mass is 312 g/mol. The van der Waals surface area contributed by atoms with Gasteiger partial charge in [-0.1, -0.05) is 24.3 Å². The molecule has 0 unspecified atom stereocenters. The van der Waals surface area contributed by atoms with Crippen molar-refractivity contribution in [2.45, 2.75) is 6.92 Å². The Hall–Kier alpha value is -3.08. The molecule has 0 bridgehead atoms. The number of hydrogen-bond donors (Lipinski definition) is 1. The third-order valence-corrected chi connectivity index (χ3v) is 2.93. The molecule has 0 aromatic heterocycles. The lowest BCUT2D eigenvalue weighted by Gasteiger charge is -2.05. The molecule has 0 spiro atoms. The van der Waals surface area contributed by atoms with Gasteiger partial charge < -0.3 is 14.6 Å². The maximum Gasteiger partial charge on any atom is 0.339 e. The topological polar surface area (TPSA) is 72.8 Å². The maximum absolute atomic E-state index is 11.8. The van der Waals surface area contributed by atoms with Gasteiger partial charge in [-0.25, -0.2) is 9.59 Å². The summed E-state index contributed by atoms with van der Waals surface area (Å²) >= 11 is 0. The SMILES string of the molecule is CCOc1ccc(/C=C/C(=O)Oc2ccccc2C(=O)O)cc1. The summed E-state index contributed by atoms with van der Waals surface area (Å²) in [5.74, 6) is -1.03. The van der Waals surface area contributed by atoms with E-state index >= 15 is 0 Å². The van der Waals surface area contributed by atoms with Crippen LogP contribution in [-0.4, -0.2) is 23.7 Å². The molecule has 118 valence electrons. The number of esters is 1. The Balaban J connectivity index is 2.03. The van der Waals surface area contributed by atoms with Gasteiger partial charge in [0.2, 0.25) is 0 Å². The highest BCUT2D eigenvalue weighted by Crippen LogP contribution is 2.18. The number of ether oxygens (including phenoxy) is 2. The summed E-state index contributed by atoms with van der Waals surface area (Å²) in [6, 6.07) is 13.2. The summed E-state index contributed by atoms with van der Waals surface area (Å²) in [6.45, 7) is 2.49. The van der Waals surface area contributed by atoms with Gasteiger partial charge in [0.15, 0.2) is 0 Å². The third kappa shape index (κ3) is 4.71. The minimum absolute atomic E-state index is 0.0151. The van der Waals surface area contributed by atoms with E-state index in [1.807, 2.05) is 6.92 Å². The summed E-state index contributed by atoms with van der Waals surface area (Å²) in [5, 5.41) is 9.03. The van der Waals surface area contributed by atoms with E-state index in [0.717, 1.165) is 11.3 Å². The van der Waals surface area contributed by atoms with Crippen LogP contribution in [0.5, 0.6) is 11.5 Å². The fourth-order valence-electron chi connectivity index (χ4n) is 1.88. The fraction of sp³-hybridized carbons (Fsp3) is 0.111. The fourth-order valence-corrected chi connectivity index (χ4v) is 1.88. The molecule has 2 aromatic rings. The van der Waals surface area contributed by atoms with Gasteiger partial charge in [0, 0.05) is 6.08 Å². The molecule has 2 aromatic carbocycles. The molecule has 0 saturated carbocycles. The number of hydrogen-bond acceptors (Lipinski definition) is 4. The number of benzene rings is 2. The average molecular weight is 312 g/mol. The first kappa shape index (κ1) is 16.3. The predicted molar refractivity (Wildman–Crippen MR) is 85.7 cm³/mol. The molecular formula is C18H16O5. The third-order valence-electron chi connectivity index (χ3n) is 2.93. The predicted octanol–water partition coefficient (Wildman–Crippen LogP) is 3.40. The van der Waals surface area contributed by atoms with E-state index in [1.54, 1.807) is 42.5 Å². The van der Waals surface area contributed by atoms with Gasteiger partial charge in [0.1, 0.15) is 17.1 Å². The van der Waals surface area contributed by atoms with Crippen molar-refractivity contribution < 1.29 is 24.2 Å². The Bertz CT molecular complexity index is 716. The molecule has 23 heavy (non-hydrogen) atoms. The average Bonchev–Trinajstić information content (AvgIpc) is 2.55. The smallest absolute Gasteiger partial charge is 0.339 e. The zero-order valence-electron chi connectivity index (χ0n) is 12.6. The lowest BCUT2D eigenvalue weighted by Crippen LogP contribution is -2.08. The Kier molecular flexibility index (Phi) is 5.52. The zero-order valence-corrected chi connectivity index (χ0v) is 12.6.